The monoisotopic (exact) mass is 423 g/mol. The van der Waals surface area contributed by atoms with E-state index in [0.29, 0.717) is 21.8 Å². The van der Waals surface area contributed by atoms with E-state index in [0.717, 1.165) is 32.5 Å². The molecule has 2 heterocycles. The Bertz CT molecular complexity index is 791. The molecule has 2 aromatic rings. The highest BCUT2D eigenvalue weighted by molar-refractivity contribution is 9.10. The first-order chi connectivity index (χ1) is 12.0. The number of benzene rings is 1. The lowest BCUT2D eigenvalue weighted by Crippen LogP contribution is -2.38. The molecule has 0 unspecified atom stereocenters. The van der Waals surface area contributed by atoms with E-state index in [9.17, 15) is 8.42 Å². The largest absolute Gasteiger partial charge is 0.299 e. The molecular weight excluding hydrogens is 402 g/mol. The van der Waals surface area contributed by atoms with Crippen molar-refractivity contribution in [1.82, 2.24) is 14.6 Å². The van der Waals surface area contributed by atoms with Crippen molar-refractivity contribution in [3.05, 3.63) is 58.8 Å². The van der Waals surface area contributed by atoms with Crippen LogP contribution < -0.4 is 4.72 Å². The highest BCUT2D eigenvalue weighted by Crippen LogP contribution is 2.22. The first kappa shape index (κ1) is 18.5. The summed E-state index contributed by atoms with van der Waals surface area (Å²) in [5.41, 5.74) is 1.27. The van der Waals surface area contributed by atoms with Gasteiger partial charge >= 0.3 is 0 Å². The van der Waals surface area contributed by atoms with Gasteiger partial charge in [0.05, 0.1) is 4.90 Å². The lowest BCUT2D eigenvalue weighted by atomic mass is 9.97. The first-order valence-electron chi connectivity index (χ1n) is 8.40. The molecule has 1 aromatic carbocycles. The Labute approximate surface area is 157 Å². The Balaban J connectivity index is 1.49. The second kappa shape index (κ2) is 8.40. The van der Waals surface area contributed by atoms with Crippen molar-refractivity contribution in [3.63, 3.8) is 0 Å². The van der Waals surface area contributed by atoms with E-state index in [1.54, 1.807) is 18.2 Å². The first-order valence-corrected chi connectivity index (χ1v) is 10.7. The number of piperidine rings is 1. The van der Waals surface area contributed by atoms with Crippen molar-refractivity contribution in [2.45, 2.75) is 24.3 Å². The quantitative estimate of drug-likeness (QED) is 0.775. The van der Waals surface area contributed by atoms with Crippen LogP contribution in [-0.2, 0) is 16.6 Å². The van der Waals surface area contributed by atoms with Crippen molar-refractivity contribution in [1.29, 1.82) is 0 Å². The van der Waals surface area contributed by atoms with Crippen LogP contribution in [0.5, 0.6) is 0 Å². The predicted molar refractivity (Wildman–Crippen MR) is 102 cm³/mol. The van der Waals surface area contributed by atoms with Crippen LogP contribution in [0.15, 0.2) is 58.2 Å². The van der Waals surface area contributed by atoms with Crippen molar-refractivity contribution >= 4 is 26.0 Å². The molecule has 3 rings (SSSR count). The second-order valence-corrected chi connectivity index (χ2v) is 8.95. The number of rotatable bonds is 6. The molecule has 0 bridgehead atoms. The Morgan fingerprint density at radius 1 is 1.12 bits per heavy atom. The Hall–Kier alpha value is -1.28. The Morgan fingerprint density at radius 3 is 2.48 bits per heavy atom. The van der Waals surface area contributed by atoms with E-state index in [1.165, 1.54) is 5.56 Å². The number of nitrogens with one attached hydrogen (secondary N) is 1. The molecule has 1 aromatic heterocycles. The molecule has 25 heavy (non-hydrogen) atoms. The van der Waals surface area contributed by atoms with Gasteiger partial charge in [-0.25, -0.2) is 13.1 Å². The van der Waals surface area contributed by atoms with Gasteiger partial charge in [-0.3, -0.25) is 9.88 Å². The maximum absolute atomic E-state index is 12.4. The summed E-state index contributed by atoms with van der Waals surface area (Å²) in [6.07, 6.45) is 5.64. The molecule has 5 nitrogen and oxygen atoms in total. The summed E-state index contributed by atoms with van der Waals surface area (Å²) >= 11 is 3.31. The minimum absolute atomic E-state index is 0.296. The molecule has 1 aliphatic heterocycles. The number of sulfonamides is 1. The van der Waals surface area contributed by atoms with E-state index in [2.05, 4.69) is 30.5 Å². The van der Waals surface area contributed by atoms with Gasteiger partial charge in [0.15, 0.2) is 0 Å². The van der Waals surface area contributed by atoms with E-state index >= 15 is 0 Å². The minimum atomic E-state index is -3.47. The molecule has 0 radical (unpaired) electrons. The normalized spacial score (nSPS) is 16.8. The zero-order valence-corrected chi connectivity index (χ0v) is 16.3. The van der Waals surface area contributed by atoms with Gasteiger partial charge in [-0.2, -0.15) is 0 Å². The molecule has 1 fully saturated rings. The van der Waals surface area contributed by atoms with E-state index in [-0.39, 0.29) is 0 Å². The average molecular weight is 424 g/mol. The second-order valence-electron chi connectivity index (χ2n) is 6.36. The standard InChI is InChI=1S/C18H22BrN3O2S/c19-17-3-1-2-4-18(17)25(23,24)21-13-15-7-11-22(12-8-15)14-16-5-9-20-10-6-16/h1-6,9-10,15,21H,7-8,11-14H2. The number of aromatic nitrogens is 1. The van der Waals surface area contributed by atoms with Gasteiger partial charge < -0.3 is 0 Å². The number of pyridine rings is 1. The fourth-order valence-corrected chi connectivity index (χ4v) is 5.18. The molecule has 0 atom stereocenters. The van der Waals surface area contributed by atoms with Gasteiger partial charge in [0.2, 0.25) is 10.0 Å². The van der Waals surface area contributed by atoms with Crippen molar-refractivity contribution in [2.24, 2.45) is 5.92 Å². The van der Waals surface area contributed by atoms with Gasteiger partial charge in [-0.05, 0) is 77.6 Å². The summed E-state index contributed by atoms with van der Waals surface area (Å²) in [6, 6.07) is 11.0. The van der Waals surface area contributed by atoms with Gasteiger partial charge in [-0.15, -0.1) is 0 Å². The van der Waals surface area contributed by atoms with E-state index in [4.69, 9.17) is 0 Å². The van der Waals surface area contributed by atoms with Gasteiger partial charge in [-0.1, -0.05) is 12.1 Å². The molecule has 7 heteroatoms. The number of nitrogens with zero attached hydrogens (tertiary/aromatic N) is 2. The van der Waals surface area contributed by atoms with Crippen LogP contribution in [0.3, 0.4) is 0 Å². The van der Waals surface area contributed by atoms with Crippen LogP contribution in [-0.4, -0.2) is 37.9 Å². The lowest BCUT2D eigenvalue weighted by Gasteiger charge is -2.32. The van der Waals surface area contributed by atoms with Crippen molar-refractivity contribution < 1.29 is 8.42 Å². The molecule has 1 N–H and O–H groups in total. The molecule has 134 valence electrons. The molecule has 0 saturated carbocycles. The predicted octanol–water partition coefficient (Wildman–Crippen LogP) is 3.03. The maximum atomic E-state index is 12.4. The zero-order chi connectivity index (χ0) is 17.7. The van der Waals surface area contributed by atoms with E-state index in [1.807, 2.05) is 30.6 Å². The Kier molecular flexibility index (Phi) is 6.22. The summed E-state index contributed by atoms with van der Waals surface area (Å²) in [5, 5.41) is 0. The highest BCUT2D eigenvalue weighted by Gasteiger charge is 2.23. The number of hydrogen-bond donors (Lipinski definition) is 1. The number of likely N-dealkylation sites (tertiary alicyclic amines) is 1. The van der Waals surface area contributed by atoms with Crippen molar-refractivity contribution in [2.75, 3.05) is 19.6 Å². The number of hydrogen-bond acceptors (Lipinski definition) is 4. The van der Waals surface area contributed by atoms with Crippen LogP contribution in [0.1, 0.15) is 18.4 Å². The maximum Gasteiger partial charge on any atom is 0.241 e. The van der Waals surface area contributed by atoms with Gasteiger partial charge in [0.1, 0.15) is 0 Å². The minimum Gasteiger partial charge on any atom is -0.299 e. The molecule has 0 spiro atoms. The van der Waals surface area contributed by atoms with E-state index < -0.39 is 10.0 Å². The van der Waals surface area contributed by atoms with Crippen LogP contribution in [0.2, 0.25) is 0 Å². The van der Waals surface area contributed by atoms with Crippen molar-refractivity contribution in [3.8, 4) is 0 Å². The van der Waals surface area contributed by atoms with Gasteiger partial charge in [0, 0.05) is 30.0 Å². The third kappa shape index (κ3) is 5.10. The molecule has 1 saturated heterocycles. The third-order valence-electron chi connectivity index (χ3n) is 4.55. The average Bonchev–Trinajstić information content (AvgIpc) is 2.62. The number of halogens is 1. The van der Waals surface area contributed by atoms with Crippen LogP contribution in [0.4, 0.5) is 0 Å². The summed E-state index contributed by atoms with van der Waals surface area (Å²) in [6.45, 7) is 3.40. The van der Waals surface area contributed by atoms with Crippen LogP contribution in [0, 0.1) is 5.92 Å². The van der Waals surface area contributed by atoms with Gasteiger partial charge in [0.25, 0.3) is 0 Å². The highest BCUT2D eigenvalue weighted by atomic mass is 79.9. The topological polar surface area (TPSA) is 62.3 Å². The SMILES string of the molecule is O=S(=O)(NCC1CCN(Cc2ccncc2)CC1)c1ccccc1Br. The molecule has 1 aliphatic rings. The lowest BCUT2D eigenvalue weighted by molar-refractivity contribution is 0.178. The third-order valence-corrected chi connectivity index (χ3v) is 6.99. The molecule has 0 amide bonds. The summed E-state index contributed by atoms with van der Waals surface area (Å²) in [4.78, 5) is 6.75. The smallest absolute Gasteiger partial charge is 0.241 e. The zero-order valence-electron chi connectivity index (χ0n) is 13.9. The molecule has 0 aliphatic carbocycles. The fraction of sp³-hybridized carbons (Fsp3) is 0.389. The molecular formula is C18H22BrN3O2S. The summed E-state index contributed by atoms with van der Waals surface area (Å²) in [5.74, 6) is 0.381. The Morgan fingerprint density at radius 2 is 1.80 bits per heavy atom. The summed E-state index contributed by atoms with van der Waals surface area (Å²) < 4.78 is 28.2. The summed E-state index contributed by atoms with van der Waals surface area (Å²) in [7, 11) is -3.47. The van der Waals surface area contributed by atoms with Crippen LogP contribution in [0.25, 0.3) is 0 Å². The van der Waals surface area contributed by atoms with Crippen LogP contribution >= 0.6 is 15.9 Å². The fourth-order valence-electron chi connectivity index (χ4n) is 3.06.